The van der Waals surface area contributed by atoms with Gasteiger partial charge in [-0.05, 0) is 24.6 Å². The number of anilines is 2. The summed E-state index contributed by atoms with van der Waals surface area (Å²) in [6.07, 6.45) is 0. The summed E-state index contributed by atoms with van der Waals surface area (Å²) in [4.78, 5) is 22.3. The van der Waals surface area contributed by atoms with E-state index in [1.807, 2.05) is 0 Å². The predicted octanol–water partition coefficient (Wildman–Crippen LogP) is 2.88. The SMILES string of the molecule is Cc1ccc([N+](=O)[O-])cc1NC(=O)c1cccc(F)c1N. The molecule has 0 aliphatic rings. The van der Waals surface area contributed by atoms with Crippen LogP contribution in [0.5, 0.6) is 0 Å². The van der Waals surface area contributed by atoms with E-state index in [9.17, 15) is 19.3 Å². The van der Waals surface area contributed by atoms with Gasteiger partial charge in [0.25, 0.3) is 11.6 Å². The number of hydrogen-bond donors (Lipinski definition) is 2. The van der Waals surface area contributed by atoms with Gasteiger partial charge in [-0.15, -0.1) is 0 Å². The first-order valence-corrected chi connectivity index (χ1v) is 6.00. The van der Waals surface area contributed by atoms with Gasteiger partial charge in [0.05, 0.1) is 21.9 Å². The first-order chi connectivity index (χ1) is 9.90. The lowest BCUT2D eigenvalue weighted by atomic mass is 10.1. The van der Waals surface area contributed by atoms with Crippen LogP contribution in [-0.2, 0) is 0 Å². The number of rotatable bonds is 3. The second-order valence-electron chi connectivity index (χ2n) is 4.41. The van der Waals surface area contributed by atoms with E-state index in [4.69, 9.17) is 5.73 Å². The Balaban J connectivity index is 2.33. The number of nitrogens with zero attached hydrogens (tertiary/aromatic N) is 1. The topological polar surface area (TPSA) is 98.3 Å². The number of para-hydroxylation sites is 1. The number of nitrogen functional groups attached to an aromatic ring is 1. The summed E-state index contributed by atoms with van der Waals surface area (Å²) in [6.45, 7) is 1.69. The molecule has 0 fully saturated rings. The van der Waals surface area contributed by atoms with Crippen LogP contribution in [0, 0.1) is 22.9 Å². The third-order valence-corrected chi connectivity index (χ3v) is 2.98. The molecule has 2 aromatic carbocycles. The van der Waals surface area contributed by atoms with Crippen LogP contribution in [0.1, 0.15) is 15.9 Å². The Labute approximate surface area is 119 Å². The zero-order valence-electron chi connectivity index (χ0n) is 11.1. The molecule has 7 heteroatoms. The molecule has 1 amide bonds. The minimum atomic E-state index is -0.696. The molecule has 0 saturated heterocycles. The number of nitro groups is 1. The summed E-state index contributed by atoms with van der Waals surface area (Å²) in [5, 5.41) is 13.2. The van der Waals surface area contributed by atoms with Gasteiger partial charge in [0.1, 0.15) is 5.82 Å². The summed E-state index contributed by atoms with van der Waals surface area (Å²) in [7, 11) is 0. The third kappa shape index (κ3) is 2.97. The van der Waals surface area contributed by atoms with Crippen molar-refractivity contribution in [2.75, 3.05) is 11.1 Å². The minimum absolute atomic E-state index is 0.0269. The zero-order valence-corrected chi connectivity index (χ0v) is 11.1. The standard InChI is InChI=1S/C14H12FN3O3/c1-8-5-6-9(18(20)21)7-12(8)17-14(19)10-3-2-4-11(15)13(10)16/h2-7H,16H2,1H3,(H,17,19). The Bertz CT molecular complexity index is 731. The number of non-ortho nitro benzene ring substituents is 1. The van der Waals surface area contributed by atoms with Gasteiger partial charge < -0.3 is 11.1 Å². The van der Waals surface area contributed by atoms with Gasteiger partial charge in [-0.1, -0.05) is 12.1 Å². The van der Waals surface area contributed by atoms with Crippen molar-refractivity contribution in [3.05, 3.63) is 63.5 Å². The van der Waals surface area contributed by atoms with Gasteiger partial charge in [0.15, 0.2) is 0 Å². The number of amides is 1. The Morgan fingerprint density at radius 2 is 2.05 bits per heavy atom. The third-order valence-electron chi connectivity index (χ3n) is 2.98. The van der Waals surface area contributed by atoms with Crippen molar-refractivity contribution >= 4 is 23.0 Å². The van der Waals surface area contributed by atoms with Gasteiger partial charge in [-0.25, -0.2) is 4.39 Å². The molecule has 108 valence electrons. The van der Waals surface area contributed by atoms with E-state index in [0.29, 0.717) is 5.56 Å². The van der Waals surface area contributed by atoms with Crippen LogP contribution in [0.25, 0.3) is 0 Å². The van der Waals surface area contributed by atoms with E-state index in [1.165, 1.54) is 30.3 Å². The van der Waals surface area contributed by atoms with Crippen LogP contribution in [0.4, 0.5) is 21.5 Å². The molecule has 21 heavy (non-hydrogen) atoms. The fraction of sp³-hybridized carbons (Fsp3) is 0.0714. The molecule has 0 aliphatic heterocycles. The van der Waals surface area contributed by atoms with Crippen molar-refractivity contribution < 1.29 is 14.1 Å². The van der Waals surface area contributed by atoms with Crippen molar-refractivity contribution in [3.8, 4) is 0 Å². The highest BCUT2D eigenvalue weighted by Gasteiger charge is 2.15. The molecule has 0 atom stereocenters. The fourth-order valence-electron chi connectivity index (χ4n) is 1.78. The average Bonchev–Trinajstić information content (AvgIpc) is 2.43. The second kappa shape index (κ2) is 5.58. The number of benzene rings is 2. The maximum absolute atomic E-state index is 13.3. The first kappa shape index (κ1) is 14.4. The quantitative estimate of drug-likeness (QED) is 0.515. The van der Waals surface area contributed by atoms with E-state index in [-0.39, 0.29) is 22.6 Å². The molecule has 0 bridgehead atoms. The molecule has 0 spiro atoms. The number of nitrogens with two attached hydrogens (primary N) is 1. The summed E-state index contributed by atoms with van der Waals surface area (Å²) >= 11 is 0. The highest BCUT2D eigenvalue weighted by Crippen LogP contribution is 2.23. The molecule has 0 aromatic heterocycles. The van der Waals surface area contributed by atoms with Crippen LogP contribution in [-0.4, -0.2) is 10.8 Å². The highest BCUT2D eigenvalue weighted by atomic mass is 19.1. The van der Waals surface area contributed by atoms with Crippen molar-refractivity contribution in [1.29, 1.82) is 0 Å². The first-order valence-electron chi connectivity index (χ1n) is 6.00. The molecule has 0 saturated carbocycles. The lowest BCUT2D eigenvalue weighted by Crippen LogP contribution is -2.15. The molecule has 0 unspecified atom stereocenters. The maximum Gasteiger partial charge on any atom is 0.271 e. The minimum Gasteiger partial charge on any atom is -0.396 e. The van der Waals surface area contributed by atoms with E-state index in [2.05, 4.69) is 5.32 Å². The van der Waals surface area contributed by atoms with Gasteiger partial charge >= 0.3 is 0 Å². The van der Waals surface area contributed by atoms with Crippen molar-refractivity contribution in [2.45, 2.75) is 6.92 Å². The Morgan fingerprint density at radius 3 is 2.71 bits per heavy atom. The molecule has 3 N–H and O–H groups in total. The Morgan fingerprint density at radius 1 is 1.33 bits per heavy atom. The number of carbonyl (C=O) groups excluding carboxylic acids is 1. The lowest BCUT2D eigenvalue weighted by molar-refractivity contribution is -0.384. The number of carbonyl (C=O) groups is 1. The van der Waals surface area contributed by atoms with E-state index in [1.54, 1.807) is 6.92 Å². The molecule has 0 radical (unpaired) electrons. The van der Waals surface area contributed by atoms with Crippen LogP contribution in [0.3, 0.4) is 0 Å². The molecule has 0 aliphatic carbocycles. The van der Waals surface area contributed by atoms with E-state index < -0.39 is 16.6 Å². The smallest absolute Gasteiger partial charge is 0.271 e. The van der Waals surface area contributed by atoms with Crippen molar-refractivity contribution in [3.63, 3.8) is 0 Å². The Kier molecular flexibility index (Phi) is 3.84. The lowest BCUT2D eigenvalue weighted by Gasteiger charge is -2.10. The molecule has 2 rings (SSSR count). The zero-order chi connectivity index (χ0) is 15.6. The molecular weight excluding hydrogens is 277 g/mol. The summed E-state index contributed by atoms with van der Waals surface area (Å²) in [6, 6.07) is 7.97. The van der Waals surface area contributed by atoms with Gasteiger partial charge in [-0.3, -0.25) is 14.9 Å². The monoisotopic (exact) mass is 289 g/mol. The number of halogens is 1. The number of nitrogens with one attached hydrogen (secondary N) is 1. The van der Waals surface area contributed by atoms with Crippen LogP contribution in [0.15, 0.2) is 36.4 Å². The van der Waals surface area contributed by atoms with Crippen LogP contribution in [0.2, 0.25) is 0 Å². The summed E-state index contributed by atoms with van der Waals surface area (Å²) in [5.41, 5.74) is 5.99. The Hall–Kier alpha value is -2.96. The number of aryl methyl sites for hydroxylation is 1. The van der Waals surface area contributed by atoms with Gasteiger partial charge in [0, 0.05) is 12.1 Å². The van der Waals surface area contributed by atoms with Gasteiger partial charge in [0.2, 0.25) is 0 Å². The summed E-state index contributed by atoms with van der Waals surface area (Å²) in [5.74, 6) is -1.32. The number of nitro benzene ring substituents is 1. The van der Waals surface area contributed by atoms with Gasteiger partial charge in [-0.2, -0.15) is 0 Å². The van der Waals surface area contributed by atoms with Crippen molar-refractivity contribution in [2.24, 2.45) is 0 Å². The highest BCUT2D eigenvalue weighted by molar-refractivity contribution is 6.08. The average molecular weight is 289 g/mol. The van der Waals surface area contributed by atoms with E-state index >= 15 is 0 Å². The normalized spacial score (nSPS) is 10.2. The molecule has 2 aromatic rings. The second-order valence-corrected chi connectivity index (χ2v) is 4.41. The molecule has 0 heterocycles. The van der Waals surface area contributed by atoms with E-state index in [0.717, 1.165) is 6.07 Å². The fourth-order valence-corrected chi connectivity index (χ4v) is 1.78. The number of hydrogen-bond acceptors (Lipinski definition) is 4. The van der Waals surface area contributed by atoms with Crippen LogP contribution >= 0.6 is 0 Å². The maximum atomic E-state index is 13.3. The largest absolute Gasteiger partial charge is 0.396 e. The molecule has 6 nitrogen and oxygen atoms in total. The van der Waals surface area contributed by atoms with Crippen LogP contribution < -0.4 is 11.1 Å². The predicted molar refractivity (Wildman–Crippen MR) is 76.6 cm³/mol. The molecular formula is C14H12FN3O3. The van der Waals surface area contributed by atoms with Crippen molar-refractivity contribution in [1.82, 2.24) is 0 Å². The summed E-state index contributed by atoms with van der Waals surface area (Å²) < 4.78 is 13.3.